The summed E-state index contributed by atoms with van der Waals surface area (Å²) in [6, 6.07) is 20.6. The summed E-state index contributed by atoms with van der Waals surface area (Å²) in [5.41, 5.74) is -0.499. The Balaban J connectivity index is 0.000000351. The van der Waals surface area contributed by atoms with Crippen LogP contribution in [0.4, 0.5) is 11.4 Å². The fourth-order valence-electron chi connectivity index (χ4n) is 2.01. The monoisotopic (exact) mass is 398 g/mol. The van der Waals surface area contributed by atoms with Gasteiger partial charge in [-0.05, 0) is 24.3 Å². The molecule has 0 aliphatic carbocycles. The van der Waals surface area contributed by atoms with Crippen LogP contribution in [0.2, 0.25) is 0 Å². The van der Waals surface area contributed by atoms with Crippen molar-refractivity contribution in [2.45, 2.75) is 0 Å². The van der Waals surface area contributed by atoms with Crippen molar-refractivity contribution in [1.82, 2.24) is 0 Å². The first kappa shape index (κ1) is 22.5. The summed E-state index contributed by atoms with van der Waals surface area (Å²) in [7, 11) is 0. The summed E-state index contributed by atoms with van der Waals surface area (Å²) in [6.07, 6.45) is 0. The lowest BCUT2D eigenvalue weighted by Crippen LogP contribution is -2.11. The van der Waals surface area contributed by atoms with Gasteiger partial charge in [0.05, 0.1) is 15.2 Å². The van der Waals surface area contributed by atoms with E-state index < -0.39 is 9.85 Å². The molecule has 0 bridgehead atoms. The number of para-hydroxylation sites is 5. The molecule has 0 aromatic heterocycles. The largest absolute Gasteiger partial charge is 0.443 e. The first-order chi connectivity index (χ1) is 14.0. The molecule has 0 heterocycles. The van der Waals surface area contributed by atoms with Gasteiger partial charge < -0.3 is 9.57 Å². The number of nitro benzene ring substituents is 2. The fourth-order valence-corrected chi connectivity index (χ4v) is 2.01. The van der Waals surface area contributed by atoms with Crippen LogP contribution in [-0.2, 0) is 0 Å². The summed E-state index contributed by atoms with van der Waals surface area (Å²) in [5, 5.41) is 32.6. The van der Waals surface area contributed by atoms with Crippen LogP contribution in [0.5, 0.6) is 17.2 Å². The predicted molar refractivity (Wildman–Crippen MR) is 100 cm³/mol. The van der Waals surface area contributed by atoms with Crippen molar-refractivity contribution >= 4 is 11.4 Å². The number of nitrogens with one attached hydrogen (secondary N) is 1. The number of diazo groups is 1. The van der Waals surface area contributed by atoms with Crippen LogP contribution in [0.1, 0.15) is 0 Å². The van der Waals surface area contributed by atoms with Crippen molar-refractivity contribution < 1.29 is 24.8 Å². The van der Waals surface area contributed by atoms with E-state index in [1.807, 2.05) is 18.2 Å². The van der Waals surface area contributed by atoms with Gasteiger partial charge in [-0.15, -0.1) is 0 Å². The van der Waals surface area contributed by atoms with Gasteiger partial charge in [-0.1, -0.05) is 42.5 Å². The lowest BCUT2D eigenvalue weighted by Gasteiger charge is -2.06. The molecule has 0 spiro atoms. The molecule has 0 amide bonds. The maximum atomic E-state index is 10.8. The molecule has 148 valence electrons. The highest BCUT2D eigenvalue weighted by molar-refractivity contribution is 5.53. The standard InChI is InChI=1S/C12H8N2O5.C6H7NO.N2/c15-13(16)9-5-1-3-7-11(9)19-12-8-4-2-6-10(12)14(17)18;7-8-6-4-2-1-3-5-6;1-2/h1-8H;1-5H,7H2;/p+1. The third-order valence-electron chi connectivity index (χ3n) is 3.22. The van der Waals surface area contributed by atoms with Crippen LogP contribution < -0.4 is 20.9 Å². The van der Waals surface area contributed by atoms with E-state index in [2.05, 4.69) is 4.84 Å². The zero-order chi connectivity index (χ0) is 21.6. The van der Waals surface area contributed by atoms with Gasteiger partial charge in [-0.25, -0.2) is 0 Å². The molecule has 0 aliphatic rings. The van der Waals surface area contributed by atoms with Crippen LogP contribution in [-0.4, -0.2) is 9.85 Å². The lowest BCUT2D eigenvalue weighted by molar-refractivity contribution is -0.387. The number of ether oxygens (including phenoxy) is 1. The second-order valence-electron chi connectivity index (χ2n) is 4.98. The van der Waals surface area contributed by atoms with Gasteiger partial charge >= 0.3 is 11.4 Å². The molecule has 0 saturated carbocycles. The minimum absolute atomic E-state index is 0.0400. The van der Waals surface area contributed by atoms with Crippen molar-refractivity contribution in [3.63, 3.8) is 0 Å². The molecular weight excluding hydrogens is 382 g/mol. The second kappa shape index (κ2) is 11.9. The zero-order valence-electron chi connectivity index (χ0n) is 14.9. The Kier molecular flexibility index (Phi) is 9.26. The molecule has 0 atom stereocenters. The van der Waals surface area contributed by atoms with Gasteiger partial charge in [0.25, 0.3) is 0 Å². The fraction of sp³-hybridized carbons (Fsp3) is 0. The first-order valence-corrected chi connectivity index (χ1v) is 7.81. The summed E-state index contributed by atoms with van der Waals surface area (Å²) in [4.78, 5) is 24.8. The third kappa shape index (κ3) is 6.93. The zero-order valence-corrected chi connectivity index (χ0v) is 14.9. The average molecular weight is 398 g/mol. The molecule has 3 N–H and O–H groups in total. The average Bonchev–Trinajstić information content (AvgIpc) is 2.76. The molecule has 0 radical (unpaired) electrons. The van der Waals surface area contributed by atoms with Crippen molar-refractivity contribution in [3.05, 3.63) is 99.1 Å². The Labute approximate surface area is 164 Å². The van der Waals surface area contributed by atoms with Crippen molar-refractivity contribution in [3.8, 4) is 17.2 Å². The highest BCUT2D eigenvalue weighted by Gasteiger charge is 2.19. The van der Waals surface area contributed by atoms with Gasteiger partial charge in [0.1, 0.15) is 5.75 Å². The number of nitrogens with two attached hydrogens (primary N) is 1. The van der Waals surface area contributed by atoms with E-state index >= 15 is 0 Å². The van der Waals surface area contributed by atoms with E-state index in [4.69, 9.17) is 21.4 Å². The maximum absolute atomic E-state index is 10.8. The predicted octanol–water partition coefficient (Wildman–Crippen LogP) is 2.51. The molecule has 3 aromatic carbocycles. The van der Waals surface area contributed by atoms with E-state index in [9.17, 15) is 20.2 Å². The number of rotatable bonds is 5. The molecular formula is C18H16N5O6+. The van der Waals surface area contributed by atoms with Gasteiger partial charge in [0.15, 0.2) is 0 Å². The number of hydrogen-bond donors (Lipinski definition) is 2. The van der Waals surface area contributed by atoms with Crippen LogP contribution in [0, 0.1) is 25.6 Å². The van der Waals surface area contributed by atoms with Crippen LogP contribution in [0.3, 0.4) is 0 Å². The summed E-state index contributed by atoms with van der Waals surface area (Å²) in [5.74, 6) is 5.46. The normalized spacial score (nSPS) is 8.93. The SMILES string of the molecule is N#[NH+].NOc1ccccc1.O=[N+]([O-])c1ccccc1Oc1ccccc1[N+](=O)[O-]. The number of nitro groups is 2. The Hall–Kier alpha value is -4.56. The lowest BCUT2D eigenvalue weighted by atomic mass is 10.2. The second-order valence-corrected chi connectivity index (χ2v) is 4.98. The third-order valence-corrected chi connectivity index (χ3v) is 3.22. The van der Waals surface area contributed by atoms with Crippen LogP contribution >= 0.6 is 0 Å². The summed E-state index contributed by atoms with van der Waals surface area (Å²) in [6.45, 7) is 0. The molecule has 3 aromatic rings. The van der Waals surface area contributed by atoms with E-state index in [0.29, 0.717) is 5.75 Å². The van der Waals surface area contributed by atoms with Crippen molar-refractivity contribution in [2.75, 3.05) is 0 Å². The maximum Gasteiger partial charge on any atom is 0.311 e. The molecule has 29 heavy (non-hydrogen) atoms. The van der Waals surface area contributed by atoms with Gasteiger partial charge in [0, 0.05) is 12.1 Å². The van der Waals surface area contributed by atoms with E-state index in [0.717, 1.165) is 0 Å². The number of benzene rings is 3. The number of hydrogen-bond acceptors (Lipinski definition) is 8. The molecule has 0 unspecified atom stereocenters. The minimum atomic E-state index is -0.607. The van der Waals surface area contributed by atoms with Gasteiger partial charge in [-0.3, -0.25) is 20.2 Å². The summed E-state index contributed by atoms with van der Waals surface area (Å²) < 4.78 is 5.28. The smallest absolute Gasteiger partial charge is 0.311 e. The first-order valence-electron chi connectivity index (χ1n) is 7.81. The Bertz CT molecular complexity index is 909. The number of nitrogens with zero attached hydrogens (tertiary/aromatic N) is 3. The summed E-state index contributed by atoms with van der Waals surface area (Å²) >= 11 is 0. The molecule has 0 fully saturated rings. The topological polar surface area (TPSA) is 178 Å². The Morgan fingerprint density at radius 1 is 0.724 bits per heavy atom. The van der Waals surface area contributed by atoms with Gasteiger partial charge in [-0.2, -0.15) is 5.90 Å². The highest BCUT2D eigenvalue weighted by atomic mass is 16.6. The van der Waals surface area contributed by atoms with Gasteiger partial charge in [0.2, 0.25) is 16.9 Å². The molecule has 0 aliphatic heterocycles. The Morgan fingerprint density at radius 2 is 1.10 bits per heavy atom. The Morgan fingerprint density at radius 3 is 1.45 bits per heavy atom. The van der Waals surface area contributed by atoms with Crippen molar-refractivity contribution in [1.29, 1.82) is 5.39 Å². The highest BCUT2D eigenvalue weighted by Crippen LogP contribution is 2.35. The van der Waals surface area contributed by atoms with Crippen molar-refractivity contribution in [2.24, 2.45) is 5.90 Å². The molecule has 3 rings (SSSR count). The quantitative estimate of drug-likeness (QED) is 0.374. The minimum Gasteiger partial charge on any atom is -0.443 e. The van der Waals surface area contributed by atoms with E-state index in [1.165, 1.54) is 36.4 Å². The van der Waals surface area contributed by atoms with Crippen LogP contribution in [0.25, 0.3) is 0 Å². The molecule has 11 heteroatoms. The molecule has 11 nitrogen and oxygen atoms in total. The van der Waals surface area contributed by atoms with E-state index in [-0.39, 0.29) is 22.9 Å². The van der Waals surface area contributed by atoms with Crippen LogP contribution in [0.15, 0.2) is 78.9 Å². The molecule has 0 saturated heterocycles. The van der Waals surface area contributed by atoms with E-state index in [1.54, 1.807) is 24.3 Å².